The minimum atomic E-state index is 0.0231. The van der Waals surface area contributed by atoms with Crippen LogP contribution in [0.3, 0.4) is 0 Å². The molecule has 0 aliphatic carbocycles. The van der Waals surface area contributed by atoms with E-state index in [1.807, 2.05) is 29.2 Å². The van der Waals surface area contributed by atoms with Crippen molar-refractivity contribution in [2.45, 2.75) is 25.8 Å². The van der Waals surface area contributed by atoms with E-state index < -0.39 is 0 Å². The molecule has 3 rings (SSSR count). The number of carbonyl (C=O) groups is 2. The molecule has 2 atom stereocenters. The zero-order valence-corrected chi connectivity index (χ0v) is 15.3. The molecule has 0 saturated carbocycles. The summed E-state index contributed by atoms with van der Waals surface area (Å²) < 4.78 is 5.65. The number of nitrogens with zero attached hydrogens (tertiary/aromatic N) is 3. The second-order valence-corrected chi connectivity index (χ2v) is 7.24. The van der Waals surface area contributed by atoms with E-state index >= 15 is 0 Å². The van der Waals surface area contributed by atoms with Gasteiger partial charge in [-0.25, -0.2) is 0 Å². The molecule has 0 radical (unpaired) electrons. The number of ether oxygens (including phenoxy) is 1. The van der Waals surface area contributed by atoms with Crippen LogP contribution >= 0.6 is 0 Å². The number of benzene rings is 1. The van der Waals surface area contributed by atoms with Crippen molar-refractivity contribution in [1.29, 1.82) is 0 Å². The molecule has 1 aromatic carbocycles. The van der Waals surface area contributed by atoms with Crippen LogP contribution in [0.25, 0.3) is 0 Å². The van der Waals surface area contributed by atoms with E-state index in [1.165, 1.54) is 0 Å². The van der Waals surface area contributed by atoms with Gasteiger partial charge in [0.15, 0.2) is 6.61 Å². The van der Waals surface area contributed by atoms with Crippen molar-refractivity contribution in [2.24, 2.45) is 5.92 Å². The first-order valence-electron chi connectivity index (χ1n) is 8.93. The maximum atomic E-state index is 12.4. The third kappa shape index (κ3) is 3.95. The van der Waals surface area contributed by atoms with E-state index in [0.717, 1.165) is 31.7 Å². The average molecular weight is 345 g/mol. The first-order valence-corrected chi connectivity index (χ1v) is 8.93. The van der Waals surface area contributed by atoms with Gasteiger partial charge < -0.3 is 19.4 Å². The Labute approximate surface area is 149 Å². The van der Waals surface area contributed by atoms with Crippen molar-refractivity contribution >= 4 is 17.5 Å². The van der Waals surface area contributed by atoms with Crippen LogP contribution in [0.1, 0.15) is 19.8 Å². The smallest absolute Gasteiger partial charge is 0.260 e. The van der Waals surface area contributed by atoms with Crippen molar-refractivity contribution < 1.29 is 14.3 Å². The number of anilines is 1. The van der Waals surface area contributed by atoms with Crippen LogP contribution in [0.15, 0.2) is 24.3 Å². The first kappa shape index (κ1) is 17.7. The van der Waals surface area contributed by atoms with Crippen LogP contribution in [0, 0.1) is 5.92 Å². The summed E-state index contributed by atoms with van der Waals surface area (Å²) in [6.45, 7) is 4.54. The molecule has 136 valence electrons. The van der Waals surface area contributed by atoms with Crippen molar-refractivity contribution in [3.63, 3.8) is 0 Å². The van der Waals surface area contributed by atoms with Crippen LogP contribution in [0.5, 0.6) is 5.75 Å². The van der Waals surface area contributed by atoms with Gasteiger partial charge in [0.05, 0.1) is 0 Å². The summed E-state index contributed by atoms with van der Waals surface area (Å²) in [6.07, 6.45) is 1.53. The highest BCUT2D eigenvalue weighted by molar-refractivity contribution is 5.95. The first-order chi connectivity index (χ1) is 12.0. The molecule has 2 aliphatic heterocycles. The number of hydrogen-bond acceptors (Lipinski definition) is 4. The molecule has 25 heavy (non-hydrogen) atoms. The third-order valence-electron chi connectivity index (χ3n) is 5.17. The summed E-state index contributed by atoms with van der Waals surface area (Å²) in [5.74, 6) is 1.31. The Bertz CT molecular complexity index is 629. The van der Waals surface area contributed by atoms with Crippen molar-refractivity contribution in [1.82, 2.24) is 9.80 Å². The zero-order valence-electron chi connectivity index (χ0n) is 15.3. The second kappa shape index (κ2) is 7.44. The molecule has 6 nitrogen and oxygen atoms in total. The number of rotatable bonds is 5. The minimum absolute atomic E-state index is 0.0231. The Kier molecular flexibility index (Phi) is 5.27. The fraction of sp³-hybridized carbons (Fsp3) is 0.579. The highest BCUT2D eigenvalue weighted by atomic mass is 16.5. The molecule has 0 spiro atoms. The maximum absolute atomic E-state index is 12.4. The van der Waals surface area contributed by atoms with Gasteiger partial charge >= 0.3 is 0 Å². The van der Waals surface area contributed by atoms with Gasteiger partial charge in [0, 0.05) is 37.8 Å². The van der Waals surface area contributed by atoms with Crippen molar-refractivity contribution in [2.75, 3.05) is 45.2 Å². The standard InChI is InChI=1S/C19H27N3O3/c1-14-11-21(12-17(14)20(2)3)19(24)13-25-16-8-6-15(7-9-16)22-10-4-5-18(22)23/h6-9,14,17H,4-5,10-13H2,1-3H3/t14-,17-/m1/s1. The van der Waals surface area contributed by atoms with Gasteiger partial charge in [-0.1, -0.05) is 6.92 Å². The van der Waals surface area contributed by atoms with E-state index in [0.29, 0.717) is 24.1 Å². The van der Waals surface area contributed by atoms with Crippen LogP contribution in [-0.4, -0.2) is 68.0 Å². The Balaban J connectivity index is 1.52. The van der Waals surface area contributed by atoms with Gasteiger partial charge in [-0.3, -0.25) is 9.59 Å². The lowest BCUT2D eigenvalue weighted by molar-refractivity contribution is -0.132. The number of carbonyl (C=O) groups excluding carboxylic acids is 2. The molecule has 2 heterocycles. The number of likely N-dealkylation sites (tertiary alicyclic amines) is 1. The lowest BCUT2D eigenvalue weighted by Crippen LogP contribution is -2.37. The molecule has 2 saturated heterocycles. The van der Waals surface area contributed by atoms with Gasteiger partial charge in [-0.05, 0) is 50.7 Å². The molecule has 0 aromatic heterocycles. The highest BCUT2D eigenvalue weighted by Gasteiger charge is 2.33. The Morgan fingerprint density at radius 1 is 1.24 bits per heavy atom. The molecule has 6 heteroatoms. The number of likely N-dealkylation sites (N-methyl/N-ethyl adjacent to an activating group) is 1. The molecule has 2 amide bonds. The monoisotopic (exact) mass is 345 g/mol. The topological polar surface area (TPSA) is 53.1 Å². The summed E-state index contributed by atoms with van der Waals surface area (Å²) in [4.78, 5) is 30.0. The van der Waals surface area contributed by atoms with E-state index in [4.69, 9.17) is 4.74 Å². The van der Waals surface area contributed by atoms with Crippen LogP contribution in [-0.2, 0) is 9.59 Å². The van der Waals surface area contributed by atoms with Gasteiger partial charge in [-0.2, -0.15) is 0 Å². The molecule has 1 aromatic rings. The van der Waals surface area contributed by atoms with Crippen molar-refractivity contribution in [3.8, 4) is 5.75 Å². The van der Waals surface area contributed by atoms with E-state index in [2.05, 4.69) is 25.9 Å². The highest BCUT2D eigenvalue weighted by Crippen LogP contribution is 2.24. The normalized spacial score (nSPS) is 23.6. The summed E-state index contributed by atoms with van der Waals surface area (Å²) >= 11 is 0. The lowest BCUT2D eigenvalue weighted by atomic mass is 10.1. The molecular weight excluding hydrogens is 318 g/mol. The maximum Gasteiger partial charge on any atom is 0.260 e. The van der Waals surface area contributed by atoms with Gasteiger partial charge in [0.2, 0.25) is 5.91 Å². The Hall–Kier alpha value is -2.08. The van der Waals surface area contributed by atoms with Crippen LogP contribution in [0.4, 0.5) is 5.69 Å². The molecule has 0 bridgehead atoms. The predicted molar refractivity (Wildman–Crippen MR) is 96.7 cm³/mol. The van der Waals surface area contributed by atoms with E-state index in [1.54, 1.807) is 4.90 Å². The molecule has 0 unspecified atom stereocenters. The number of amides is 2. The second-order valence-electron chi connectivity index (χ2n) is 7.24. The molecular formula is C19H27N3O3. The van der Waals surface area contributed by atoms with E-state index in [-0.39, 0.29) is 18.4 Å². The SMILES string of the molecule is C[C@@H]1CN(C(=O)COc2ccc(N3CCCC3=O)cc2)C[C@H]1N(C)C. The largest absolute Gasteiger partial charge is 0.484 e. The Morgan fingerprint density at radius 2 is 1.96 bits per heavy atom. The van der Waals surface area contributed by atoms with Gasteiger partial charge in [-0.15, -0.1) is 0 Å². The Morgan fingerprint density at radius 3 is 2.52 bits per heavy atom. The summed E-state index contributed by atoms with van der Waals surface area (Å²) in [6, 6.07) is 7.81. The molecule has 2 fully saturated rings. The molecule has 0 N–H and O–H groups in total. The van der Waals surface area contributed by atoms with Gasteiger partial charge in [0.1, 0.15) is 5.75 Å². The third-order valence-corrected chi connectivity index (χ3v) is 5.17. The summed E-state index contributed by atoms with van der Waals surface area (Å²) in [5.41, 5.74) is 0.892. The molecule has 2 aliphatic rings. The van der Waals surface area contributed by atoms with Crippen molar-refractivity contribution in [3.05, 3.63) is 24.3 Å². The van der Waals surface area contributed by atoms with E-state index in [9.17, 15) is 9.59 Å². The minimum Gasteiger partial charge on any atom is -0.484 e. The lowest BCUT2D eigenvalue weighted by Gasteiger charge is -2.22. The average Bonchev–Trinajstić information content (AvgIpc) is 3.19. The van der Waals surface area contributed by atoms with Crippen LogP contribution in [0.2, 0.25) is 0 Å². The summed E-state index contributed by atoms with van der Waals surface area (Å²) in [7, 11) is 4.11. The van der Waals surface area contributed by atoms with Crippen LogP contribution < -0.4 is 9.64 Å². The number of hydrogen-bond donors (Lipinski definition) is 0. The quantitative estimate of drug-likeness (QED) is 0.813. The fourth-order valence-electron chi connectivity index (χ4n) is 3.71. The predicted octanol–water partition coefficient (Wildman–Crippen LogP) is 1.60. The van der Waals surface area contributed by atoms with Gasteiger partial charge in [0.25, 0.3) is 5.91 Å². The summed E-state index contributed by atoms with van der Waals surface area (Å²) in [5, 5.41) is 0. The zero-order chi connectivity index (χ0) is 18.0. The fourth-order valence-corrected chi connectivity index (χ4v) is 3.71.